The Morgan fingerprint density at radius 2 is 1.77 bits per heavy atom. The van der Waals surface area contributed by atoms with Gasteiger partial charge in [0.1, 0.15) is 5.03 Å². The van der Waals surface area contributed by atoms with Crippen molar-refractivity contribution in [2.45, 2.75) is 30.2 Å². The third kappa shape index (κ3) is 7.34. The van der Waals surface area contributed by atoms with Crippen LogP contribution in [-0.4, -0.2) is 65.7 Å². The molecule has 1 aliphatic heterocycles. The molecule has 5 nitrogen and oxygen atoms in total. The van der Waals surface area contributed by atoms with Crippen molar-refractivity contribution >= 4 is 17.7 Å². The standard InChI is InChI=1S/C22H28F2N4OS/c23-22(24)30-21-19(9-6-11-26-21)20(29)25-10-4-5-12-27-13-15-28(16-14-27)17-18-7-2-1-3-8-18/h1-3,6-9,11,22H,4-5,10,12-17H2,(H,25,29). The van der Waals surface area contributed by atoms with Crippen molar-refractivity contribution in [3.05, 3.63) is 59.8 Å². The second-order valence-corrected chi connectivity index (χ2v) is 8.28. The summed E-state index contributed by atoms with van der Waals surface area (Å²) < 4.78 is 25.2. The number of unbranched alkanes of at least 4 members (excludes halogenated alkanes) is 1. The van der Waals surface area contributed by atoms with Gasteiger partial charge in [0, 0.05) is 45.5 Å². The minimum Gasteiger partial charge on any atom is -0.352 e. The largest absolute Gasteiger partial charge is 0.352 e. The van der Waals surface area contributed by atoms with E-state index in [4.69, 9.17) is 0 Å². The molecule has 1 N–H and O–H groups in total. The van der Waals surface area contributed by atoms with E-state index in [0.29, 0.717) is 18.3 Å². The van der Waals surface area contributed by atoms with Gasteiger partial charge in [-0.3, -0.25) is 9.69 Å². The van der Waals surface area contributed by atoms with Crippen molar-refractivity contribution in [2.75, 3.05) is 39.3 Å². The Morgan fingerprint density at radius 1 is 1.03 bits per heavy atom. The molecule has 1 fully saturated rings. The Bertz CT molecular complexity index is 786. The zero-order valence-electron chi connectivity index (χ0n) is 17.0. The summed E-state index contributed by atoms with van der Waals surface area (Å²) in [6, 6.07) is 13.7. The van der Waals surface area contributed by atoms with Gasteiger partial charge in [0.05, 0.1) is 5.56 Å². The average Bonchev–Trinajstić information content (AvgIpc) is 2.75. The predicted molar refractivity (Wildman–Crippen MR) is 116 cm³/mol. The molecule has 1 aliphatic rings. The van der Waals surface area contributed by atoms with Gasteiger partial charge in [0.2, 0.25) is 0 Å². The van der Waals surface area contributed by atoms with Crippen LogP contribution < -0.4 is 5.32 Å². The van der Waals surface area contributed by atoms with Gasteiger partial charge in [-0.1, -0.05) is 30.3 Å². The topological polar surface area (TPSA) is 48.5 Å². The highest BCUT2D eigenvalue weighted by Crippen LogP contribution is 2.26. The molecule has 0 atom stereocenters. The third-order valence-corrected chi connectivity index (χ3v) is 5.84. The van der Waals surface area contributed by atoms with Crippen LogP contribution in [-0.2, 0) is 6.54 Å². The smallest absolute Gasteiger partial charge is 0.290 e. The van der Waals surface area contributed by atoms with Crippen molar-refractivity contribution < 1.29 is 13.6 Å². The lowest BCUT2D eigenvalue weighted by Gasteiger charge is -2.34. The summed E-state index contributed by atoms with van der Waals surface area (Å²) in [7, 11) is 0. The second kappa shape index (κ2) is 12.0. The number of benzene rings is 1. The molecule has 8 heteroatoms. The van der Waals surface area contributed by atoms with Crippen LogP contribution in [0, 0.1) is 0 Å². The minimum atomic E-state index is -2.60. The number of amides is 1. The number of carbonyl (C=O) groups excluding carboxylic acids is 1. The van der Waals surface area contributed by atoms with Crippen molar-refractivity contribution in [3.8, 4) is 0 Å². The van der Waals surface area contributed by atoms with Crippen LogP contribution in [0.2, 0.25) is 0 Å². The monoisotopic (exact) mass is 434 g/mol. The Hall–Kier alpha value is -2.03. The Kier molecular flexibility index (Phi) is 9.04. The number of halogens is 2. The molecule has 3 rings (SSSR count). The number of piperazine rings is 1. The zero-order valence-corrected chi connectivity index (χ0v) is 17.8. The lowest BCUT2D eigenvalue weighted by molar-refractivity contribution is 0.0947. The Balaban J connectivity index is 1.30. The van der Waals surface area contributed by atoms with E-state index in [2.05, 4.69) is 44.4 Å². The maximum atomic E-state index is 12.6. The lowest BCUT2D eigenvalue weighted by Crippen LogP contribution is -2.46. The maximum absolute atomic E-state index is 12.6. The first-order valence-electron chi connectivity index (χ1n) is 10.3. The average molecular weight is 435 g/mol. The number of aromatic nitrogens is 1. The summed E-state index contributed by atoms with van der Waals surface area (Å²) in [5, 5.41) is 2.89. The van der Waals surface area contributed by atoms with Gasteiger partial charge in [0.25, 0.3) is 11.7 Å². The fourth-order valence-electron chi connectivity index (χ4n) is 3.51. The summed E-state index contributed by atoms with van der Waals surface area (Å²) >= 11 is 0.300. The number of carbonyl (C=O) groups is 1. The molecule has 2 aromatic rings. The van der Waals surface area contributed by atoms with Gasteiger partial charge >= 0.3 is 0 Å². The fourth-order valence-corrected chi connectivity index (χ4v) is 4.09. The summed E-state index contributed by atoms with van der Waals surface area (Å²) in [6.07, 6.45) is 3.26. The molecule has 0 unspecified atom stereocenters. The van der Waals surface area contributed by atoms with Crippen LogP contribution in [0.25, 0.3) is 0 Å². The number of thioether (sulfide) groups is 1. The highest BCUT2D eigenvalue weighted by molar-refractivity contribution is 7.99. The molecule has 1 aromatic carbocycles. The summed E-state index contributed by atoms with van der Waals surface area (Å²) in [6.45, 7) is 6.79. The van der Waals surface area contributed by atoms with Crippen LogP contribution in [0.4, 0.5) is 8.78 Å². The van der Waals surface area contributed by atoms with Crippen LogP contribution >= 0.6 is 11.8 Å². The van der Waals surface area contributed by atoms with Gasteiger partial charge in [-0.25, -0.2) is 4.98 Å². The van der Waals surface area contributed by atoms with Gasteiger partial charge in [0.15, 0.2) is 0 Å². The van der Waals surface area contributed by atoms with Crippen molar-refractivity contribution in [2.24, 2.45) is 0 Å². The Labute approximate surface area is 180 Å². The summed E-state index contributed by atoms with van der Waals surface area (Å²) in [5.74, 6) is -2.94. The van der Waals surface area contributed by atoms with Gasteiger partial charge < -0.3 is 10.2 Å². The highest BCUT2D eigenvalue weighted by Gasteiger charge is 2.17. The molecular weight excluding hydrogens is 406 g/mol. The van der Waals surface area contributed by atoms with Crippen molar-refractivity contribution in [3.63, 3.8) is 0 Å². The van der Waals surface area contributed by atoms with Crippen LogP contribution in [0.5, 0.6) is 0 Å². The van der Waals surface area contributed by atoms with Crippen LogP contribution in [0.15, 0.2) is 53.7 Å². The molecule has 162 valence electrons. The number of pyridine rings is 1. The molecule has 2 heterocycles. The Morgan fingerprint density at radius 3 is 2.50 bits per heavy atom. The molecule has 0 aliphatic carbocycles. The van der Waals surface area contributed by atoms with E-state index in [1.165, 1.54) is 17.8 Å². The molecule has 0 saturated carbocycles. The van der Waals surface area contributed by atoms with Gasteiger partial charge in [-0.15, -0.1) is 0 Å². The number of hydrogen-bond acceptors (Lipinski definition) is 5. The molecular formula is C22H28F2N4OS. The predicted octanol–water partition coefficient (Wildman–Crippen LogP) is 3.72. The number of alkyl halides is 2. The number of nitrogens with zero attached hydrogens (tertiary/aromatic N) is 3. The second-order valence-electron chi connectivity index (χ2n) is 7.30. The van der Waals surface area contributed by atoms with E-state index < -0.39 is 5.76 Å². The van der Waals surface area contributed by atoms with E-state index in [9.17, 15) is 13.6 Å². The third-order valence-electron chi connectivity index (χ3n) is 5.12. The highest BCUT2D eigenvalue weighted by atomic mass is 32.2. The first-order chi connectivity index (χ1) is 14.6. The number of hydrogen-bond donors (Lipinski definition) is 1. The van der Waals surface area contributed by atoms with Gasteiger partial charge in [-0.05, 0) is 48.8 Å². The first-order valence-corrected chi connectivity index (χ1v) is 11.2. The number of nitrogens with one attached hydrogen (secondary N) is 1. The van der Waals surface area contributed by atoms with E-state index in [1.54, 1.807) is 6.07 Å². The maximum Gasteiger partial charge on any atom is 0.290 e. The van der Waals surface area contributed by atoms with Crippen molar-refractivity contribution in [1.82, 2.24) is 20.1 Å². The molecule has 0 spiro atoms. The van der Waals surface area contributed by atoms with E-state index in [0.717, 1.165) is 52.1 Å². The minimum absolute atomic E-state index is 0.0679. The summed E-state index contributed by atoms with van der Waals surface area (Å²) in [4.78, 5) is 21.1. The quantitative estimate of drug-likeness (QED) is 0.456. The fraction of sp³-hybridized carbons (Fsp3) is 0.455. The van der Waals surface area contributed by atoms with Crippen LogP contribution in [0.3, 0.4) is 0 Å². The molecule has 1 aromatic heterocycles. The number of rotatable bonds is 10. The van der Waals surface area contributed by atoms with Crippen LogP contribution in [0.1, 0.15) is 28.8 Å². The molecule has 30 heavy (non-hydrogen) atoms. The lowest BCUT2D eigenvalue weighted by atomic mass is 10.2. The zero-order chi connectivity index (χ0) is 21.2. The first kappa shape index (κ1) is 22.7. The molecule has 0 radical (unpaired) electrons. The normalized spacial score (nSPS) is 15.4. The van der Waals surface area contributed by atoms with E-state index in [-0.39, 0.29) is 16.5 Å². The molecule has 0 bridgehead atoms. The van der Waals surface area contributed by atoms with Gasteiger partial charge in [-0.2, -0.15) is 8.78 Å². The van der Waals surface area contributed by atoms with Crippen molar-refractivity contribution in [1.29, 1.82) is 0 Å². The van der Waals surface area contributed by atoms with E-state index in [1.807, 2.05) is 6.07 Å². The SMILES string of the molecule is O=C(NCCCCN1CCN(Cc2ccccc2)CC1)c1cccnc1SC(F)F. The summed E-state index contributed by atoms with van der Waals surface area (Å²) in [5.41, 5.74) is 1.56. The molecule has 1 saturated heterocycles. The van der Waals surface area contributed by atoms with E-state index >= 15 is 0 Å². The molecule has 1 amide bonds.